The molecule has 2 aliphatic heterocycles. The first-order valence-corrected chi connectivity index (χ1v) is 9.67. The number of hydrogen-bond acceptors (Lipinski definition) is 4. The Hall–Kier alpha value is -2.56. The van der Waals surface area contributed by atoms with Gasteiger partial charge in [0.1, 0.15) is 5.82 Å². The highest BCUT2D eigenvalue weighted by Crippen LogP contribution is 2.23. The summed E-state index contributed by atoms with van der Waals surface area (Å²) >= 11 is 0. The lowest BCUT2D eigenvalue weighted by atomic mass is 10.1. The Kier molecular flexibility index (Phi) is 5.04. The van der Waals surface area contributed by atoms with Crippen molar-refractivity contribution in [2.45, 2.75) is 32.1 Å². The summed E-state index contributed by atoms with van der Waals surface area (Å²) in [5.74, 6) is 0.821. The van der Waals surface area contributed by atoms with Crippen molar-refractivity contribution in [2.75, 3.05) is 41.3 Å². The Balaban J connectivity index is 1.42. The van der Waals surface area contributed by atoms with Crippen LogP contribution in [0.3, 0.4) is 0 Å². The van der Waals surface area contributed by atoms with Crippen LogP contribution in [0.2, 0.25) is 0 Å². The lowest BCUT2D eigenvalue weighted by Crippen LogP contribution is -2.30. The summed E-state index contributed by atoms with van der Waals surface area (Å²) in [5, 5.41) is 3.00. The van der Waals surface area contributed by atoms with Gasteiger partial charge >= 0.3 is 0 Å². The minimum absolute atomic E-state index is 0.0837. The fourth-order valence-electron chi connectivity index (χ4n) is 3.79. The van der Waals surface area contributed by atoms with E-state index in [-0.39, 0.29) is 5.91 Å². The van der Waals surface area contributed by atoms with Gasteiger partial charge in [0.2, 0.25) is 0 Å². The molecule has 2 fully saturated rings. The lowest BCUT2D eigenvalue weighted by molar-refractivity contribution is 0.102. The highest BCUT2D eigenvalue weighted by Gasteiger charge is 2.15. The van der Waals surface area contributed by atoms with Crippen LogP contribution in [0.1, 0.15) is 42.5 Å². The predicted octanol–water partition coefficient (Wildman–Crippen LogP) is 3.92. The fourth-order valence-corrected chi connectivity index (χ4v) is 3.79. The first-order chi connectivity index (χ1) is 12.8. The molecule has 4 rings (SSSR count). The van der Waals surface area contributed by atoms with E-state index in [4.69, 9.17) is 0 Å². The fraction of sp³-hybridized carbons (Fsp3) is 0.429. The van der Waals surface area contributed by atoms with E-state index in [2.05, 4.69) is 32.2 Å². The van der Waals surface area contributed by atoms with Gasteiger partial charge in [-0.3, -0.25) is 4.79 Å². The van der Waals surface area contributed by atoms with Crippen molar-refractivity contribution >= 4 is 23.1 Å². The van der Waals surface area contributed by atoms with Gasteiger partial charge in [0, 0.05) is 49.3 Å². The summed E-state index contributed by atoms with van der Waals surface area (Å²) in [5.41, 5.74) is 2.72. The van der Waals surface area contributed by atoms with Crippen molar-refractivity contribution in [3.05, 3.63) is 48.2 Å². The topological polar surface area (TPSA) is 48.5 Å². The number of nitrogens with zero attached hydrogens (tertiary/aromatic N) is 3. The molecule has 1 N–H and O–H groups in total. The Morgan fingerprint density at radius 3 is 2.23 bits per heavy atom. The standard InChI is InChI=1S/C21H26N4O/c26-21(17-10-11-22-20(16-17)25-14-2-1-3-15-25)23-18-6-8-19(9-7-18)24-12-4-5-13-24/h6-11,16H,1-5,12-15H2,(H,23,26). The molecule has 0 radical (unpaired) electrons. The number of amides is 1. The number of piperidine rings is 1. The zero-order valence-corrected chi connectivity index (χ0v) is 15.2. The Morgan fingerprint density at radius 1 is 0.846 bits per heavy atom. The molecule has 0 unspecified atom stereocenters. The second kappa shape index (κ2) is 7.77. The molecule has 2 aromatic rings. The normalized spacial score (nSPS) is 17.4. The van der Waals surface area contributed by atoms with E-state index in [1.165, 1.54) is 37.8 Å². The van der Waals surface area contributed by atoms with Crippen LogP contribution in [-0.4, -0.2) is 37.1 Å². The van der Waals surface area contributed by atoms with Crippen molar-refractivity contribution < 1.29 is 4.79 Å². The number of carbonyl (C=O) groups is 1. The van der Waals surface area contributed by atoms with Crippen molar-refractivity contribution in [3.8, 4) is 0 Å². The average molecular weight is 350 g/mol. The monoisotopic (exact) mass is 350 g/mol. The van der Waals surface area contributed by atoms with Crippen LogP contribution < -0.4 is 15.1 Å². The summed E-state index contributed by atoms with van der Waals surface area (Å²) in [6.45, 7) is 4.30. The Labute approximate surface area is 155 Å². The van der Waals surface area contributed by atoms with Crippen molar-refractivity contribution in [1.29, 1.82) is 0 Å². The summed E-state index contributed by atoms with van der Waals surface area (Å²) in [4.78, 5) is 21.7. The van der Waals surface area contributed by atoms with Gasteiger partial charge in [-0.2, -0.15) is 0 Å². The number of pyridine rings is 1. The molecule has 26 heavy (non-hydrogen) atoms. The second-order valence-electron chi connectivity index (χ2n) is 7.15. The number of carbonyl (C=O) groups excluding carboxylic acids is 1. The van der Waals surface area contributed by atoms with Gasteiger partial charge in [-0.05, 0) is 68.5 Å². The molecule has 0 aliphatic carbocycles. The molecule has 2 saturated heterocycles. The highest BCUT2D eigenvalue weighted by molar-refractivity contribution is 6.04. The first-order valence-electron chi connectivity index (χ1n) is 9.67. The van der Waals surface area contributed by atoms with Gasteiger partial charge in [0.25, 0.3) is 5.91 Å². The van der Waals surface area contributed by atoms with Gasteiger partial charge in [-0.25, -0.2) is 4.98 Å². The summed E-state index contributed by atoms with van der Waals surface area (Å²) in [6.07, 6.45) is 7.93. The van der Waals surface area contributed by atoms with Crippen LogP contribution >= 0.6 is 0 Å². The van der Waals surface area contributed by atoms with E-state index in [1.807, 2.05) is 18.2 Å². The van der Waals surface area contributed by atoms with Gasteiger partial charge < -0.3 is 15.1 Å². The van der Waals surface area contributed by atoms with E-state index in [0.29, 0.717) is 5.56 Å². The summed E-state index contributed by atoms with van der Waals surface area (Å²) < 4.78 is 0. The smallest absolute Gasteiger partial charge is 0.255 e. The molecule has 5 heteroatoms. The Bertz CT molecular complexity index is 747. The van der Waals surface area contributed by atoms with Crippen LogP contribution in [0.4, 0.5) is 17.2 Å². The van der Waals surface area contributed by atoms with Crippen molar-refractivity contribution in [2.24, 2.45) is 0 Å². The maximum Gasteiger partial charge on any atom is 0.255 e. The number of aromatic nitrogens is 1. The van der Waals surface area contributed by atoms with E-state index in [0.717, 1.165) is 37.7 Å². The largest absolute Gasteiger partial charge is 0.372 e. The molecule has 3 heterocycles. The minimum atomic E-state index is -0.0837. The molecule has 1 aromatic carbocycles. The highest BCUT2D eigenvalue weighted by atomic mass is 16.1. The third-order valence-electron chi connectivity index (χ3n) is 5.28. The zero-order chi connectivity index (χ0) is 17.8. The van der Waals surface area contributed by atoms with Crippen LogP contribution in [0.25, 0.3) is 0 Å². The third-order valence-corrected chi connectivity index (χ3v) is 5.28. The molecule has 1 amide bonds. The minimum Gasteiger partial charge on any atom is -0.372 e. The maximum absolute atomic E-state index is 12.6. The van der Waals surface area contributed by atoms with E-state index in [9.17, 15) is 4.79 Å². The second-order valence-corrected chi connectivity index (χ2v) is 7.15. The number of anilines is 3. The Morgan fingerprint density at radius 2 is 1.50 bits per heavy atom. The van der Waals surface area contributed by atoms with Gasteiger partial charge in [-0.1, -0.05) is 0 Å². The molecule has 0 spiro atoms. The van der Waals surface area contributed by atoms with Gasteiger partial charge in [-0.15, -0.1) is 0 Å². The average Bonchev–Trinajstić information content (AvgIpc) is 3.24. The molecule has 136 valence electrons. The predicted molar refractivity (Wildman–Crippen MR) is 106 cm³/mol. The third kappa shape index (κ3) is 3.82. The zero-order valence-electron chi connectivity index (χ0n) is 15.2. The summed E-state index contributed by atoms with van der Waals surface area (Å²) in [6, 6.07) is 11.8. The van der Waals surface area contributed by atoms with Crippen LogP contribution in [0.5, 0.6) is 0 Å². The number of hydrogen-bond donors (Lipinski definition) is 1. The molecular formula is C21H26N4O. The van der Waals surface area contributed by atoms with Crippen LogP contribution in [-0.2, 0) is 0 Å². The molecular weight excluding hydrogens is 324 g/mol. The van der Waals surface area contributed by atoms with E-state index >= 15 is 0 Å². The van der Waals surface area contributed by atoms with Crippen molar-refractivity contribution in [1.82, 2.24) is 4.98 Å². The van der Waals surface area contributed by atoms with Crippen LogP contribution in [0.15, 0.2) is 42.6 Å². The van der Waals surface area contributed by atoms with E-state index in [1.54, 1.807) is 12.3 Å². The van der Waals surface area contributed by atoms with Gasteiger partial charge in [0.15, 0.2) is 0 Å². The molecule has 1 aromatic heterocycles. The number of benzene rings is 1. The van der Waals surface area contributed by atoms with Crippen LogP contribution in [0, 0.1) is 0 Å². The first kappa shape index (κ1) is 16.9. The molecule has 0 atom stereocenters. The molecule has 2 aliphatic rings. The molecule has 0 saturated carbocycles. The quantitative estimate of drug-likeness (QED) is 0.908. The molecule has 0 bridgehead atoms. The van der Waals surface area contributed by atoms with Gasteiger partial charge in [0.05, 0.1) is 0 Å². The maximum atomic E-state index is 12.6. The summed E-state index contributed by atoms with van der Waals surface area (Å²) in [7, 11) is 0. The number of rotatable bonds is 4. The van der Waals surface area contributed by atoms with Crippen molar-refractivity contribution in [3.63, 3.8) is 0 Å². The lowest BCUT2D eigenvalue weighted by Gasteiger charge is -2.27. The number of nitrogens with one attached hydrogen (secondary N) is 1. The SMILES string of the molecule is O=C(Nc1ccc(N2CCCC2)cc1)c1ccnc(N2CCCCC2)c1. The molecule has 5 nitrogen and oxygen atoms in total. The van der Waals surface area contributed by atoms with E-state index < -0.39 is 0 Å².